The number of halogens is 1. The summed E-state index contributed by atoms with van der Waals surface area (Å²) in [5.41, 5.74) is 0.795. The van der Waals surface area contributed by atoms with E-state index in [0.29, 0.717) is 9.13 Å². The second-order valence-electron chi connectivity index (χ2n) is 4.52. The maximum Gasteiger partial charge on any atom is 0.348 e. The molecule has 10 heteroatoms. The van der Waals surface area contributed by atoms with Crippen LogP contribution in [0.4, 0.5) is 5.00 Å². The van der Waals surface area contributed by atoms with Gasteiger partial charge in [0.05, 0.1) is 29.0 Å². The third kappa shape index (κ3) is 3.59. The fraction of sp³-hybridized carbons (Fsp3) is 0.286. The van der Waals surface area contributed by atoms with Gasteiger partial charge in [-0.3, -0.25) is 9.89 Å². The lowest BCUT2D eigenvalue weighted by molar-refractivity contribution is 0.0531. The van der Waals surface area contributed by atoms with Gasteiger partial charge in [0.2, 0.25) is 0 Å². The number of esters is 2. The van der Waals surface area contributed by atoms with Gasteiger partial charge < -0.3 is 14.8 Å². The van der Waals surface area contributed by atoms with E-state index >= 15 is 0 Å². The first-order valence-electron chi connectivity index (χ1n) is 6.79. The van der Waals surface area contributed by atoms with Gasteiger partial charge in [-0.1, -0.05) is 0 Å². The Labute approximate surface area is 155 Å². The number of methoxy groups -OCH3 is 1. The third-order valence-corrected chi connectivity index (χ3v) is 5.05. The average Bonchev–Trinajstić information content (AvgIpc) is 3.10. The lowest BCUT2D eigenvalue weighted by Gasteiger charge is -2.05. The van der Waals surface area contributed by atoms with Crippen molar-refractivity contribution >= 4 is 56.8 Å². The van der Waals surface area contributed by atoms with Crippen LogP contribution in [0.2, 0.25) is 0 Å². The number of amides is 1. The molecule has 2 aromatic heterocycles. The van der Waals surface area contributed by atoms with Crippen LogP contribution in [0.25, 0.3) is 0 Å². The molecule has 0 spiro atoms. The van der Waals surface area contributed by atoms with E-state index in [-0.39, 0.29) is 27.7 Å². The first-order valence-corrected chi connectivity index (χ1v) is 8.69. The number of H-pyrrole nitrogens is 1. The molecular weight excluding hydrogens is 449 g/mol. The Kier molecular flexibility index (Phi) is 5.94. The van der Waals surface area contributed by atoms with Gasteiger partial charge in [0.1, 0.15) is 15.6 Å². The van der Waals surface area contributed by atoms with Gasteiger partial charge in [0, 0.05) is 0 Å². The Morgan fingerprint density at radius 2 is 2.08 bits per heavy atom. The van der Waals surface area contributed by atoms with Crippen LogP contribution in [0, 0.1) is 10.5 Å². The summed E-state index contributed by atoms with van der Waals surface area (Å²) >= 11 is 2.92. The summed E-state index contributed by atoms with van der Waals surface area (Å²) in [5.74, 6) is -1.67. The third-order valence-electron chi connectivity index (χ3n) is 3.04. The van der Waals surface area contributed by atoms with E-state index in [9.17, 15) is 14.4 Å². The molecule has 0 bridgehead atoms. The summed E-state index contributed by atoms with van der Waals surface area (Å²) in [7, 11) is 1.23. The fourth-order valence-corrected chi connectivity index (χ4v) is 3.53. The lowest BCUT2D eigenvalue weighted by atomic mass is 10.1. The minimum Gasteiger partial charge on any atom is -0.465 e. The fourth-order valence-electron chi connectivity index (χ4n) is 1.94. The molecule has 128 valence electrons. The molecule has 2 aromatic rings. The predicted octanol–water partition coefficient (Wildman–Crippen LogP) is 2.60. The lowest BCUT2D eigenvalue weighted by Crippen LogP contribution is -2.15. The van der Waals surface area contributed by atoms with Crippen molar-refractivity contribution in [2.24, 2.45) is 0 Å². The molecule has 0 saturated carbocycles. The molecule has 0 aliphatic carbocycles. The van der Waals surface area contributed by atoms with Gasteiger partial charge in [0.15, 0.2) is 0 Å². The van der Waals surface area contributed by atoms with Crippen molar-refractivity contribution in [1.82, 2.24) is 10.2 Å². The van der Waals surface area contributed by atoms with Crippen LogP contribution in [0.5, 0.6) is 0 Å². The Morgan fingerprint density at radius 1 is 1.38 bits per heavy atom. The minimum atomic E-state index is -0.645. The quantitative estimate of drug-likeness (QED) is 0.521. The number of carbonyl (C=O) groups is 3. The van der Waals surface area contributed by atoms with E-state index in [2.05, 4.69) is 15.5 Å². The van der Waals surface area contributed by atoms with Crippen molar-refractivity contribution in [3.05, 3.63) is 31.5 Å². The summed E-state index contributed by atoms with van der Waals surface area (Å²) in [5, 5.41) is 9.20. The van der Waals surface area contributed by atoms with Crippen LogP contribution >= 0.6 is 33.9 Å². The van der Waals surface area contributed by atoms with E-state index in [1.54, 1.807) is 13.8 Å². The van der Waals surface area contributed by atoms with Gasteiger partial charge in [-0.15, -0.1) is 11.3 Å². The molecule has 0 unspecified atom stereocenters. The van der Waals surface area contributed by atoms with Crippen LogP contribution in [0.15, 0.2) is 6.20 Å². The Hall–Kier alpha value is -1.95. The van der Waals surface area contributed by atoms with Gasteiger partial charge in [-0.05, 0) is 42.0 Å². The van der Waals surface area contributed by atoms with Crippen molar-refractivity contribution in [2.75, 3.05) is 19.0 Å². The molecule has 2 N–H and O–H groups in total. The van der Waals surface area contributed by atoms with Crippen molar-refractivity contribution in [3.8, 4) is 0 Å². The first kappa shape index (κ1) is 18.4. The number of ether oxygens (including phenoxy) is 2. The average molecular weight is 463 g/mol. The zero-order valence-electron chi connectivity index (χ0n) is 13.1. The normalized spacial score (nSPS) is 10.3. The predicted molar refractivity (Wildman–Crippen MR) is 95.6 cm³/mol. The summed E-state index contributed by atoms with van der Waals surface area (Å²) in [6.07, 6.45) is 1.50. The van der Waals surface area contributed by atoms with Crippen LogP contribution < -0.4 is 5.32 Å². The number of anilines is 1. The molecule has 0 fully saturated rings. The van der Waals surface area contributed by atoms with Crippen LogP contribution in [-0.2, 0) is 9.47 Å². The molecule has 24 heavy (non-hydrogen) atoms. The van der Waals surface area contributed by atoms with Gasteiger partial charge >= 0.3 is 11.9 Å². The van der Waals surface area contributed by atoms with Crippen LogP contribution in [0.1, 0.15) is 43.0 Å². The van der Waals surface area contributed by atoms with Crippen molar-refractivity contribution in [1.29, 1.82) is 0 Å². The van der Waals surface area contributed by atoms with E-state index in [1.165, 1.54) is 13.3 Å². The second-order valence-corrected chi connectivity index (χ2v) is 6.70. The smallest absolute Gasteiger partial charge is 0.348 e. The standard InChI is InChI=1S/C14H14IN3O5S/c1-4-23-14(21)10-6(2)8(13(20)22-3)12(24-10)17-11(19)9-7(15)5-16-18-9/h5H,4H2,1-3H3,(H,16,18)(H,17,19). The van der Waals surface area contributed by atoms with Crippen LogP contribution in [0.3, 0.4) is 0 Å². The van der Waals surface area contributed by atoms with E-state index in [1.807, 2.05) is 22.6 Å². The van der Waals surface area contributed by atoms with Gasteiger partial charge in [-0.2, -0.15) is 5.10 Å². The van der Waals surface area contributed by atoms with E-state index in [0.717, 1.165) is 11.3 Å². The molecule has 1 amide bonds. The number of thiophene rings is 1. The molecule has 0 radical (unpaired) electrons. The highest BCUT2D eigenvalue weighted by Gasteiger charge is 2.27. The summed E-state index contributed by atoms with van der Waals surface area (Å²) in [6.45, 7) is 3.49. The van der Waals surface area contributed by atoms with Gasteiger partial charge in [0.25, 0.3) is 5.91 Å². The van der Waals surface area contributed by atoms with Crippen LogP contribution in [-0.4, -0.2) is 41.8 Å². The second kappa shape index (κ2) is 7.75. The molecule has 0 atom stereocenters. The number of carbonyl (C=O) groups excluding carboxylic acids is 3. The monoisotopic (exact) mass is 463 g/mol. The highest BCUT2D eigenvalue weighted by Crippen LogP contribution is 2.34. The first-order chi connectivity index (χ1) is 11.4. The highest BCUT2D eigenvalue weighted by atomic mass is 127. The maximum atomic E-state index is 12.3. The molecule has 0 aromatic carbocycles. The number of aromatic amines is 1. The highest BCUT2D eigenvalue weighted by molar-refractivity contribution is 14.1. The van der Waals surface area contributed by atoms with Crippen molar-refractivity contribution in [2.45, 2.75) is 13.8 Å². The largest absolute Gasteiger partial charge is 0.465 e. The van der Waals surface area contributed by atoms with Crippen molar-refractivity contribution in [3.63, 3.8) is 0 Å². The molecule has 0 saturated heterocycles. The number of rotatable bonds is 5. The Balaban J connectivity index is 2.42. The zero-order valence-corrected chi connectivity index (χ0v) is 16.0. The maximum absolute atomic E-state index is 12.3. The minimum absolute atomic E-state index is 0.133. The molecule has 0 aliphatic heterocycles. The number of aromatic nitrogens is 2. The Bertz CT molecular complexity index is 798. The molecule has 8 nitrogen and oxygen atoms in total. The zero-order chi connectivity index (χ0) is 17.9. The number of nitrogens with one attached hydrogen (secondary N) is 2. The number of hydrogen-bond donors (Lipinski definition) is 2. The van der Waals surface area contributed by atoms with Crippen molar-refractivity contribution < 1.29 is 23.9 Å². The van der Waals surface area contributed by atoms with E-state index < -0.39 is 17.8 Å². The summed E-state index contributed by atoms with van der Waals surface area (Å²) in [6, 6.07) is 0. The topological polar surface area (TPSA) is 110 Å². The molecule has 2 rings (SSSR count). The number of nitrogens with zero attached hydrogens (tertiary/aromatic N) is 1. The molecular formula is C14H14IN3O5S. The molecule has 2 heterocycles. The SMILES string of the molecule is CCOC(=O)c1sc(NC(=O)c2[nH]ncc2I)c(C(=O)OC)c1C. The van der Waals surface area contributed by atoms with E-state index in [4.69, 9.17) is 9.47 Å². The summed E-state index contributed by atoms with van der Waals surface area (Å²) < 4.78 is 10.4. The summed E-state index contributed by atoms with van der Waals surface area (Å²) in [4.78, 5) is 36.6. The number of hydrogen-bond acceptors (Lipinski definition) is 7. The molecule has 0 aliphatic rings. The van der Waals surface area contributed by atoms with Gasteiger partial charge in [-0.25, -0.2) is 9.59 Å². The Morgan fingerprint density at radius 3 is 2.62 bits per heavy atom.